The third kappa shape index (κ3) is 25.1. The largest absolute Gasteiger partial charge is 0.461 e. The van der Waals surface area contributed by atoms with E-state index in [1.165, 1.54) is 88.9 Å². The van der Waals surface area contributed by atoms with E-state index in [-0.39, 0.29) is 152 Å². The topological polar surface area (TPSA) is 425 Å². The first-order valence-corrected chi connectivity index (χ1v) is 50.8. The number of nitrogens with zero attached hydrogens (tertiary/aromatic N) is 12. The van der Waals surface area contributed by atoms with E-state index in [0.717, 1.165) is 26.9 Å². The molecule has 4 aromatic carbocycles. The summed E-state index contributed by atoms with van der Waals surface area (Å²) in [6, 6.07) is 32.2. The molecule has 138 heavy (non-hydrogen) atoms. The van der Waals surface area contributed by atoms with Crippen LogP contribution in [0.2, 0.25) is 0 Å². The molecule has 31 nitrogen and oxygen atoms in total. The van der Waals surface area contributed by atoms with E-state index in [1.807, 2.05) is 24.6 Å². The third-order valence-electron chi connectivity index (χ3n) is 23.0. The van der Waals surface area contributed by atoms with E-state index >= 15 is 0 Å². The summed E-state index contributed by atoms with van der Waals surface area (Å²) < 4.78 is 250. The van der Waals surface area contributed by atoms with Crippen molar-refractivity contribution in [2.45, 2.75) is 190 Å². The highest BCUT2D eigenvalue weighted by atomic mass is 32.2. The molecule has 740 valence electrons. The predicted octanol–water partition coefficient (Wildman–Crippen LogP) is 15.4. The summed E-state index contributed by atoms with van der Waals surface area (Å²) in [5.41, 5.74) is 4.85. The number of carbonyl (C=O) groups is 4. The number of fused-ring (bicyclic) bond motifs is 4. The minimum Gasteiger partial charge on any atom is -0.461 e. The fraction of sp³-hybridized carbons (Fsp3) is 0.441. The van der Waals surface area contributed by atoms with Crippen molar-refractivity contribution in [3.8, 4) is 68.0 Å². The first-order chi connectivity index (χ1) is 64.3. The molecule has 4 aliphatic heterocycles. The summed E-state index contributed by atoms with van der Waals surface area (Å²) in [6.07, 6.45) is -15.6. The predicted molar refractivity (Wildman–Crippen MR) is 490 cm³/mol. The van der Waals surface area contributed by atoms with E-state index in [1.54, 1.807) is 111 Å². The maximum Gasteiger partial charge on any atom is 0.416 e. The van der Waals surface area contributed by atoms with Gasteiger partial charge >= 0.3 is 12.4 Å². The van der Waals surface area contributed by atoms with Gasteiger partial charge in [-0.05, 0) is 93.1 Å². The number of ketones is 4. The molecule has 0 spiro atoms. The van der Waals surface area contributed by atoms with Gasteiger partial charge < -0.3 is 34.3 Å². The number of aliphatic hydroxyl groups excluding tert-OH is 3. The quantitative estimate of drug-likeness (QED) is 0.0260. The fourth-order valence-corrected chi connectivity index (χ4v) is 26.3. The van der Waals surface area contributed by atoms with Crippen LogP contribution in [0, 0.1) is 21.7 Å². The number of aromatic nitrogens is 12. The number of Topliss-reactive ketones (excluding diaryl/α,β-unsaturated/α-hetero) is 4. The lowest BCUT2D eigenvalue weighted by molar-refractivity contribution is -0.208. The summed E-state index contributed by atoms with van der Waals surface area (Å²) >= 11 is 0. The summed E-state index contributed by atoms with van der Waals surface area (Å²) in [4.78, 5) is 69.2. The van der Waals surface area contributed by atoms with Gasteiger partial charge in [-0.2, -0.15) is 46.7 Å². The lowest BCUT2D eigenvalue weighted by atomic mass is 9.86. The van der Waals surface area contributed by atoms with Crippen LogP contribution in [0.25, 0.3) is 89.2 Å². The second-order valence-electron chi connectivity index (χ2n) is 37.0. The smallest absolute Gasteiger partial charge is 0.416 e. The van der Waals surface area contributed by atoms with Crippen LogP contribution in [0.1, 0.15) is 156 Å². The number of carbonyl (C=O) groups excluding carboxylic acids is 4. The Labute approximate surface area is 786 Å². The molecule has 8 aromatic heterocycles. The molecule has 0 amide bonds. The lowest BCUT2D eigenvalue weighted by Gasteiger charge is -2.37. The highest BCUT2D eigenvalue weighted by Gasteiger charge is 2.50. The Kier molecular flexibility index (Phi) is 29.9. The summed E-state index contributed by atoms with van der Waals surface area (Å²) in [7, 11) is -12.4. The molecule has 4 fully saturated rings. The molecule has 12 aromatic rings. The maximum atomic E-state index is 13.3. The van der Waals surface area contributed by atoms with E-state index < -0.39 is 142 Å². The van der Waals surface area contributed by atoms with Gasteiger partial charge in [0.2, 0.25) is 25.4 Å². The summed E-state index contributed by atoms with van der Waals surface area (Å²) in [5, 5.41) is 47.0. The number of benzene rings is 4. The van der Waals surface area contributed by atoms with Gasteiger partial charge in [0.25, 0.3) is 0 Å². The Balaban J connectivity index is 0.000000155. The average Bonchev–Trinajstić information content (AvgIpc) is 1.65. The van der Waals surface area contributed by atoms with Crippen LogP contribution in [0.15, 0.2) is 146 Å². The zero-order valence-electron chi connectivity index (χ0n) is 76.4. The van der Waals surface area contributed by atoms with Gasteiger partial charge in [0.1, 0.15) is 67.8 Å². The number of aliphatic hydroxyl groups is 3. The van der Waals surface area contributed by atoms with Crippen LogP contribution in [0.5, 0.6) is 23.0 Å². The van der Waals surface area contributed by atoms with Crippen LogP contribution in [-0.2, 0) is 59.0 Å². The van der Waals surface area contributed by atoms with Crippen molar-refractivity contribution < 1.29 is 131 Å². The average molecular weight is 2010 g/mol. The van der Waals surface area contributed by atoms with Gasteiger partial charge in [-0.25, -0.2) is 51.2 Å². The van der Waals surface area contributed by atoms with Gasteiger partial charge in [-0.3, -0.25) is 57.8 Å². The number of halogens is 10. The van der Waals surface area contributed by atoms with Gasteiger partial charge in [-0.15, -0.1) is 0 Å². The molecule has 0 bridgehead atoms. The van der Waals surface area contributed by atoms with Crippen molar-refractivity contribution in [1.29, 1.82) is 0 Å². The number of hydrogen-bond acceptors (Lipinski definition) is 27. The molecule has 4 unspecified atom stereocenters. The second kappa shape index (κ2) is 39.8. The zero-order chi connectivity index (χ0) is 101. The third-order valence-corrected chi connectivity index (χ3v) is 32.1. The Bertz CT molecular complexity index is 6890. The molecule has 0 saturated carbocycles. The van der Waals surface area contributed by atoms with Gasteiger partial charge in [0, 0.05) is 150 Å². The standard InChI is InChI=1S/C24H28FN3O4S.2C23H23F4N3O5S.C23H26FN3O5S/c1-5-15(2)28-20-10-18(21(29)11-24(4)13-33(30,31)14-24)12-26-23(20)22(27-28)17-7-6-8-19(9-17)32-16(3)25;2*1-13(24)35-16-5-3-4-14(6-16)20-21-17(30(29-20)10-19(32)23(25,26)27)7-15(9-28-21)18(31)8-22(2)11-36(33,34)12-22;1-14(28)11-27-19-8-17(20(29)9-23(3)12-33(30,31)13-23)10-25-22(19)21(26-27)16-5-4-6-18(7-16)32-15(2)24/h6-10,12,15-16H,5,11,13-14H2,1-4H3;2*3-7,9,13,19,32H,8,10-12H2,1-2H3;4-8,10,14-15,28H,9,11-13H2,1-3H3/t15-,16?;2*13?,19-;14-,15?/m0101/s1. The molecular formula is C93H100F10N12O19S4. The van der Waals surface area contributed by atoms with Crippen molar-refractivity contribution in [3.05, 3.63) is 168 Å². The number of sulfone groups is 4. The molecule has 16 rings (SSSR count). The normalized spacial score (nSPS) is 18.4. The SMILES string of the molecule is CC(F)Oc1cccc(-c2nn(C[C@@H](C)O)c3cc(C(=O)CC4(C)CS(=O)(=O)C4)cnc23)c1.CC(F)Oc1cccc(-c2nn(C[C@@H](O)C(F)(F)F)c3cc(C(=O)CC4(C)CS(=O)(=O)C4)cnc23)c1.CC(F)Oc1cccc(-c2nn(C[C@H](O)C(F)(F)F)c3cc(C(=O)CC4(C)CS(=O)(=O)C4)cnc23)c1.CC[C@H](C)n1nc(-c2cccc(OC(C)F)c2)c2ncc(C(=O)CC3(C)CS(=O)(=O)C3)cc21. The molecule has 8 atom stereocenters. The van der Waals surface area contributed by atoms with Gasteiger partial charge in [0.05, 0.1) is 93.8 Å². The molecule has 4 saturated heterocycles. The molecule has 12 heterocycles. The highest BCUT2D eigenvalue weighted by molar-refractivity contribution is 7.93. The van der Waals surface area contributed by atoms with Crippen molar-refractivity contribution in [2.75, 3.05) is 46.0 Å². The molecule has 4 aliphatic rings. The summed E-state index contributed by atoms with van der Waals surface area (Å²) in [5.74, 6) is -0.537. The number of pyridine rings is 4. The van der Waals surface area contributed by atoms with Crippen molar-refractivity contribution in [3.63, 3.8) is 0 Å². The van der Waals surface area contributed by atoms with E-state index in [9.17, 15) is 112 Å². The Morgan fingerprint density at radius 1 is 0.370 bits per heavy atom. The van der Waals surface area contributed by atoms with Crippen LogP contribution >= 0.6 is 0 Å². The second-order valence-corrected chi connectivity index (χ2v) is 45.3. The number of hydrogen-bond donors (Lipinski definition) is 3. The van der Waals surface area contributed by atoms with E-state index in [0.29, 0.717) is 67.3 Å². The fourth-order valence-electron chi connectivity index (χ4n) is 17.3. The monoisotopic (exact) mass is 2010 g/mol. The molecule has 0 aliphatic carbocycles. The van der Waals surface area contributed by atoms with Crippen LogP contribution in [0.3, 0.4) is 0 Å². The number of rotatable bonds is 32. The highest BCUT2D eigenvalue weighted by Crippen LogP contribution is 2.44. The zero-order valence-corrected chi connectivity index (χ0v) is 79.7. The van der Waals surface area contributed by atoms with E-state index in [2.05, 4.69) is 42.2 Å². The number of alkyl halides is 10. The number of ether oxygens (including phenoxy) is 4. The Morgan fingerprint density at radius 2 is 0.601 bits per heavy atom. The first-order valence-electron chi connectivity index (χ1n) is 43.5. The van der Waals surface area contributed by atoms with Crippen molar-refractivity contribution >= 4 is 107 Å². The Hall–Kier alpha value is -11.8. The molecular weight excluding hydrogens is 1910 g/mol. The molecule has 0 radical (unpaired) electrons. The van der Waals surface area contributed by atoms with Crippen molar-refractivity contribution in [2.24, 2.45) is 21.7 Å². The van der Waals surface area contributed by atoms with Crippen LogP contribution < -0.4 is 18.9 Å². The minimum absolute atomic E-state index is 0.00142. The van der Waals surface area contributed by atoms with Crippen molar-refractivity contribution in [1.82, 2.24) is 59.1 Å². The van der Waals surface area contributed by atoms with E-state index in [4.69, 9.17) is 24.0 Å². The molecule has 45 heteroatoms. The van der Waals surface area contributed by atoms with Crippen LogP contribution in [-0.4, -0.2) is 233 Å². The van der Waals surface area contributed by atoms with Gasteiger partial charge in [0.15, 0.2) is 74.7 Å². The van der Waals surface area contributed by atoms with Gasteiger partial charge in [-0.1, -0.05) is 83.1 Å². The molecule has 3 N–H and O–H groups in total. The maximum absolute atomic E-state index is 13.3. The lowest BCUT2D eigenvalue weighted by Crippen LogP contribution is -2.47. The summed E-state index contributed by atoms with van der Waals surface area (Å²) in [6.45, 7) is 16.0. The first kappa shape index (κ1) is 104. The minimum atomic E-state index is -4.91. The van der Waals surface area contributed by atoms with Crippen LogP contribution in [0.4, 0.5) is 43.9 Å². The Morgan fingerprint density at radius 3 is 0.826 bits per heavy atom.